The Balaban J connectivity index is 1.63. The molecule has 2 aromatic heterocycles. The first-order chi connectivity index (χ1) is 13.7. The Hall–Kier alpha value is -3.06. The molecule has 142 valence electrons. The number of nitrogens with zero attached hydrogens (tertiary/aromatic N) is 4. The molecule has 28 heavy (non-hydrogen) atoms. The van der Waals surface area contributed by atoms with Gasteiger partial charge in [-0.15, -0.1) is 10.2 Å². The molecule has 2 aromatic carbocycles. The van der Waals surface area contributed by atoms with Crippen molar-refractivity contribution in [3.05, 3.63) is 65.7 Å². The van der Waals surface area contributed by atoms with Crippen molar-refractivity contribution >= 4 is 17.4 Å². The summed E-state index contributed by atoms with van der Waals surface area (Å²) in [6, 6.07) is 18.1. The van der Waals surface area contributed by atoms with E-state index < -0.39 is 0 Å². The van der Waals surface area contributed by atoms with Crippen molar-refractivity contribution in [2.24, 2.45) is 0 Å². The zero-order chi connectivity index (χ0) is 19.5. The van der Waals surface area contributed by atoms with Gasteiger partial charge in [-0.3, -0.25) is 0 Å². The third-order valence-electron chi connectivity index (χ3n) is 4.40. The molecule has 7 heteroatoms. The maximum atomic E-state index is 5.40. The molecule has 0 amide bonds. The van der Waals surface area contributed by atoms with Crippen LogP contribution in [0.2, 0.25) is 0 Å². The Kier molecular flexibility index (Phi) is 5.16. The van der Waals surface area contributed by atoms with E-state index in [2.05, 4.69) is 41.4 Å². The topological polar surface area (TPSA) is 61.5 Å². The van der Waals surface area contributed by atoms with Crippen LogP contribution in [0.15, 0.2) is 59.8 Å². The van der Waals surface area contributed by atoms with E-state index in [9.17, 15) is 0 Å². The van der Waals surface area contributed by atoms with Gasteiger partial charge in [-0.05, 0) is 42.8 Å². The number of benzene rings is 2. The summed E-state index contributed by atoms with van der Waals surface area (Å²) >= 11 is 1.62. The number of ether oxygens (including phenoxy) is 2. The van der Waals surface area contributed by atoms with Crippen LogP contribution in [0.5, 0.6) is 11.5 Å². The standard InChI is InChI=1S/C21H20N4O2S/c1-14-4-6-15(7-5-14)13-28-21-23-22-20-11-9-17(24-25(20)21)16-8-10-18(26-2)19(12-16)27-3/h4-12H,13H2,1-3H3. The van der Waals surface area contributed by atoms with Crippen LogP contribution in [0.1, 0.15) is 11.1 Å². The van der Waals surface area contributed by atoms with Gasteiger partial charge in [0.05, 0.1) is 19.9 Å². The molecular weight excluding hydrogens is 372 g/mol. The van der Waals surface area contributed by atoms with Gasteiger partial charge in [0.1, 0.15) is 0 Å². The molecule has 0 atom stereocenters. The van der Waals surface area contributed by atoms with Gasteiger partial charge < -0.3 is 9.47 Å². The quantitative estimate of drug-likeness (QED) is 0.453. The summed E-state index contributed by atoms with van der Waals surface area (Å²) in [6.45, 7) is 2.09. The van der Waals surface area contributed by atoms with Crippen molar-refractivity contribution in [2.45, 2.75) is 17.8 Å². The number of aryl methyl sites for hydroxylation is 1. The van der Waals surface area contributed by atoms with Crippen LogP contribution in [0.25, 0.3) is 16.9 Å². The lowest BCUT2D eigenvalue weighted by atomic mass is 10.1. The molecule has 0 bridgehead atoms. The molecule has 0 radical (unpaired) electrons. The van der Waals surface area contributed by atoms with E-state index in [0.29, 0.717) is 11.5 Å². The minimum atomic E-state index is 0.666. The van der Waals surface area contributed by atoms with Gasteiger partial charge in [-0.2, -0.15) is 9.61 Å². The monoisotopic (exact) mass is 392 g/mol. The number of fused-ring (bicyclic) bond motifs is 1. The maximum Gasteiger partial charge on any atom is 0.212 e. The van der Waals surface area contributed by atoms with Crippen molar-refractivity contribution < 1.29 is 9.47 Å². The lowest BCUT2D eigenvalue weighted by molar-refractivity contribution is 0.355. The zero-order valence-corrected chi connectivity index (χ0v) is 16.7. The Bertz CT molecular complexity index is 1110. The van der Waals surface area contributed by atoms with Crippen LogP contribution in [0, 0.1) is 6.92 Å². The third-order valence-corrected chi connectivity index (χ3v) is 5.39. The number of hydrogen-bond acceptors (Lipinski definition) is 6. The molecule has 4 rings (SSSR count). The Morgan fingerprint density at radius 3 is 2.43 bits per heavy atom. The number of methoxy groups -OCH3 is 2. The van der Waals surface area contributed by atoms with Gasteiger partial charge in [0.2, 0.25) is 5.16 Å². The van der Waals surface area contributed by atoms with Crippen LogP contribution < -0.4 is 9.47 Å². The summed E-state index contributed by atoms with van der Waals surface area (Å²) in [5.41, 5.74) is 4.95. The highest BCUT2D eigenvalue weighted by Crippen LogP contribution is 2.32. The highest BCUT2D eigenvalue weighted by Gasteiger charge is 2.12. The molecule has 0 fully saturated rings. The highest BCUT2D eigenvalue weighted by molar-refractivity contribution is 7.98. The summed E-state index contributed by atoms with van der Waals surface area (Å²) in [5.74, 6) is 2.16. The van der Waals surface area contributed by atoms with Crippen LogP contribution in [-0.4, -0.2) is 34.0 Å². The minimum absolute atomic E-state index is 0.666. The molecule has 0 N–H and O–H groups in total. The van der Waals surface area contributed by atoms with Crippen LogP contribution >= 0.6 is 11.8 Å². The highest BCUT2D eigenvalue weighted by atomic mass is 32.2. The second kappa shape index (κ2) is 7.90. The van der Waals surface area contributed by atoms with Crippen LogP contribution in [-0.2, 0) is 5.75 Å². The predicted octanol–water partition coefficient (Wildman–Crippen LogP) is 4.41. The van der Waals surface area contributed by atoms with E-state index in [1.54, 1.807) is 30.5 Å². The lowest BCUT2D eigenvalue weighted by Crippen LogP contribution is -1.97. The molecule has 0 unspecified atom stereocenters. The summed E-state index contributed by atoms with van der Waals surface area (Å²) in [7, 11) is 3.24. The maximum absolute atomic E-state index is 5.40. The number of aromatic nitrogens is 4. The van der Waals surface area contributed by atoms with Gasteiger partial charge in [-0.1, -0.05) is 41.6 Å². The van der Waals surface area contributed by atoms with Crippen molar-refractivity contribution in [1.29, 1.82) is 0 Å². The van der Waals surface area contributed by atoms with Crippen LogP contribution in [0.3, 0.4) is 0 Å². The number of hydrogen-bond donors (Lipinski definition) is 0. The molecule has 0 saturated carbocycles. The van der Waals surface area contributed by atoms with E-state index in [4.69, 9.17) is 14.6 Å². The minimum Gasteiger partial charge on any atom is -0.493 e. The first-order valence-corrected chi connectivity index (χ1v) is 9.79. The first-order valence-electron chi connectivity index (χ1n) is 8.81. The molecule has 4 aromatic rings. The summed E-state index contributed by atoms with van der Waals surface area (Å²) < 4.78 is 12.5. The van der Waals surface area contributed by atoms with Crippen LogP contribution in [0.4, 0.5) is 0 Å². The lowest BCUT2D eigenvalue weighted by Gasteiger charge is -2.09. The summed E-state index contributed by atoms with van der Waals surface area (Å²) in [4.78, 5) is 0. The largest absolute Gasteiger partial charge is 0.493 e. The summed E-state index contributed by atoms with van der Waals surface area (Å²) in [6.07, 6.45) is 0. The fraction of sp³-hybridized carbons (Fsp3) is 0.190. The molecular formula is C21H20N4O2S. The van der Waals surface area contributed by atoms with E-state index >= 15 is 0 Å². The molecule has 0 aliphatic rings. The Labute approximate surface area is 167 Å². The summed E-state index contributed by atoms with van der Waals surface area (Å²) in [5, 5.41) is 14.0. The second-order valence-electron chi connectivity index (χ2n) is 6.32. The molecule has 0 aliphatic carbocycles. The zero-order valence-electron chi connectivity index (χ0n) is 15.9. The Morgan fingerprint density at radius 2 is 1.68 bits per heavy atom. The van der Waals surface area contributed by atoms with E-state index in [-0.39, 0.29) is 0 Å². The van der Waals surface area contributed by atoms with E-state index in [1.165, 1.54) is 11.1 Å². The van der Waals surface area contributed by atoms with Gasteiger partial charge in [0, 0.05) is 11.3 Å². The van der Waals surface area contributed by atoms with Gasteiger partial charge >= 0.3 is 0 Å². The fourth-order valence-corrected chi connectivity index (χ4v) is 3.68. The molecule has 0 aliphatic heterocycles. The van der Waals surface area contributed by atoms with Crippen molar-refractivity contribution in [1.82, 2.24) is 19.8 Å². The van der Waals surface area contributed by atoms with Crippen molar-refractivity contribution in [3.8, 4) is 22.8 Å². The predicted molar refractivity (Wildman–Crippen MR) is 110 cm³/mol. The van der Waals surface area contributed by atoms with Gasteiger partial charge in [-0.25, -0.2) is 0 Å². The SMILES string of the molecule is COc1ccc(-c2ccc3nnc(SCc4ccc(C)cc4)n3n2)cc1OC. The average molecular weight is 392 g/mol. The molecule has 2 heterocycles. The average Bonchev–Trinajstić information content (AvgIpc) is 3.15. The third kappa shape index (κ3) is 3.66. The van der Waals surface area contributed by atoms with Gasteiger partial charge in [0.25, 0.3) is 0 Å². The second-order valence-corrected chi connectivity index (χ2v) is 7.26. The normalized spacial score (nSPS) is 11.0. The van der Waals surface area contributed by atoms with Crippen molar-refractivity contribution in [3.63, 3.8) is 0 Å². The number of thioether (sulfide) groups is 1. The fourth-order valence-electron chi connectivity index (χ4n) is 2.84. The smallest absolute Gasteiger partial charge is 0.212 e. The van der Waals surface area contributed by atoms with Gasteiger partial charge in [0.15, 0.2) is 17.1 Å². The molecule has 6 nitrogen and oxygen atoms in total. The first kappa shape index (κ1) is 18.3. The van der Waals surface area contributed by atoms with E-state index in [1.807, 2.05) is 30.3 Å². The number of rotatable bonds is 6. The van der Waals surface area contributed by atoms with Crippen molar-refractivity contribution in [2.75, 3.05) is 14.2 Å². The Morgan fingerprint density at radius 1 is 0.893 bits per heavy atom. The molecule has 0 saturated heterocycles. The molecule has 0 spiro atoms. The van der Waals surface area contributed by atoms with E-state index in [0.717, 1.165) is 27.8 Å².